The van der Waals surface area contributed by atoms with Gasteiger partial charge in [0.1, 0.15) is 11.6 Å². The molecule has 2 rings (SSSR count). The van der Waals surface area contributed by atoms with E-state index in [-0.39, 0.29) is 5.91 Å². The lowest BCUT2D eigenvalue weighted by molar-refractivity contribution is 0.0956. The predicted octanol–water partition coefficient (Wildman–Crippen LogP) is 2.38. The third-order valence-corrected chi connectivity index (χ3v) is 3.29. The van der Waals surface area contributed by atoms with Crippen molar-refractivity contribution in [1.29, 1.82) is 0 Å². The van der Waals surface area contributed by atoms with E-state index >= 15 is 0 Å². The van der Waals surface area contributed by atoms with Gasteiger partial charge >= 0.3 is 0 Å². The monoisotopic (exact) mass is 264 g/mol. The maximum absolute atomic E-state index is 13.6. The smallest absolute Gasteiger partial charge is 0.253 e. The Labute approximate surface area is 111 Å². The zero-order valence-corrected chi connectivity index (χ0v) is 11.5. The van der Waals surface area contributed by atoms with Crippen LogP contribution in [0.5, 0.6) is 5.75 Å². The summed E-state index contributed by atoms with van der Waals surface area (Å²) < 4.78 is 20.7. The maximum Gasteiger partial charge on any atom is 0.253 e. The largest absolute Gasteiger partial charge is 0.494 e. The van der Waals surface area contributed by atoms with Crippen molar-refractivity contribution in [3.63, 3.8) is 0 Å². The zero-order chi connectivity index (χ0) is 14.2. The molecule has 0 aliphatic carbocycles. The second kappa shape index (κ2) is 4.91. The number of aryl methyl sites for hydroxylation is 1. The Hall–Kier alpha value is -2.04. The van der Waals surface area contributed by atoms with Crippen molar-refractivity contribution >= 4 is 16.8 Å². The Morgan fingerprint density at radius 1 is 1.47 bits per heavy atom. The summed E-state index contributed by atoms with van der Waals surface area (Å²) in [5.74, 6) is -0.185. The number of fused-ring (bicyclic) bond motifs is 1. The first-order chi connectivity index (χ1) is 9.01. The lowest BCUT2D eigenvalue weighted by Gasteiger charge is -2.05. The predicted molar refractivity (Wildman–Crippen MR) is 72.2 cm³/mol. The number of carbonyl (C=O) groups excluding carboxylic acids is 1. The van der Waals surface area contributed by atoms with E-state index in [9.17, 15) is 9.18 Å². The highest BCUT2D eigenvalue weighted by Crippen LogP contribution is 2.33. The number of hydrogen-bond acceptors (Lipinski definition) is 2. The number of halogens is 1. The van der Waals surface area contributed by atoms with E-state index in [1.165, 1.54) is 19.2 Å². The summed E-state index contributed by atoms with van der Waals surface area (Å²) >= 11 is 0. The van der Waals surface area contributed by atoms with Crippen LogP contribution in [-0.4, -0.2) is 24.1 Å². The van der Waals surface area contributed by atoms with Crippen LogP contribution in [0.25, 0.3) is 10.9 Å². The average molecular weight is 264 g/mol. The van der Waals surface area contributed by atoms with Crippen LogP contribution in [0.1, 0.15) is 23.0 Å². The molecule has 19 heavy (non-hydrogen) atoms. The highest BCUT2D eigenvalue weighted by atomic mass is 19.1. The van der Waals surface area contributed by atoms with Crippen LogP contribution in [0.2, 0.25) is 0 Å². The molecule has 0 spiro atoms. The summed E-state index contributed by atoms with van der Waals surface area (Å²) in [6.07, 6.45) is 0. The number of aromatic nitrogens is 1. The van der Waals surface area contributed by atoms with Crippen molar-refractivity contribution in [2.45, 2.75) is 13.8 Å². The number of hydrogen-bond donors (Lipinski definition) is 1. The van der Waals surface area contributed by atoms with Crippen molar-refractivity contribution in [2.75, 3.05) is 13.7 Å². The molecule has 102 valence electrons. The first-order valence-electron chi connectivity index (χ1n) is 6.12. The van der Waals surface area contributed by atoms with Crippen molar-refractivity contribution in [1.82, 2.24) is 9.88 Å². The number of ether oxygens (including phenoxy) is 1. The van der Waals surface area contributed by atoms with Crippen LogP contribution in [0.4, 0.5) is 4.39 Å². The van der Waals surface area contributed by atoms with Gasteiger partial charge in [0.25, 0.3) is 5.91 Å². The number of benzene rings is 1. The third kappa shape index (κ3) is 2.05. The Balaban J connectivity index is 2.81. The standard InChI is InChI=1S/C14H17FN2O2/c1-5-16-14(18)12-8(2)17(3)13-10(12)6-9(15)7-11(13)19-4/h6-7H,5H2,1-4H3,(H,16,18). The fourth-order valence-corrected chi connectivity index (χ4v) is 2.33. The molecule has 1 amide bonds. The summed E-state index contributed by atoms with van der Waals surface area (Å²) in [7, 11) is 3.32. The summed E-state index contributed by atoms with van der Waals surface area (Å²) in [5.41, 5.74) is 2.00. The van der Waals surface area contributed by atoms with Gasteiger partial charge in [-0.2, -0.15) is 0 Å². The molecule has 5 heteroatoms. The highest BCUT2D eigenvalue weighted by molar-refractivity contribution is 6.09. The maximum atomic E-state index is 13.6. The molecule has 0 aliphatic heterocycles. The Morgan fingerprint density at radius 3 is 2.74 bits per heavy atom. The minimum Gasteiger partial charge on any atom is -0.494 e. The number of amides is 1. The second-order valence-electron chi connectivity index (χ2n) is 4.38. The summed E-state index contributed by atoms with van der Waals surface area (Å²) in [6, 6.07) is 2.69. The third-order valence-electron chi connectivity index (χ3n) is 3.29. The fraction of sp³-hybridized carbons (Fsp3) is 0.357. The van der Waals surface area contributed by atoms with Gasteiger partial charge in [-0.25, -0.2) is 4.39 Å². The van der Waals surface area contributed by atoms with Crippen LogP contribution in [0.15, 0.2) is 12.1 Å². The van der Waals surface area contributed by atoms with E-state index in [0.29, 0.717) is 23.2 Å². The van der Waals surface area contributed by atoms with Crippen LogP contribution >= 0.6 is 0 Å². The van der Waals surface area contributed by atoms with E-state index in [1.807, 2.05) is 25.5 Å². The van der Waals surface area contributed by atoms with Crippen LogP contribution < -0.4 is 10.1 Å². The highest BCUT2D eigenvalue weighted by Gasteiger charge is 2.21. The Morgan fingerprint density at radius 2 is 2.16 bits per heavy atom. The number of carbonyl (C=O) groups is 1. The van der Waals surface area contributed by atoms with Gasteiger partial charge in [0.2, 0.25) is 0 Å². The lowest BCUT2D eigenvalue weighted by atomic mass is 10.1. The molecule has 2 aromatic rings. The molecule has 4 nitrogen and oxygen atoms in total. The Bertz CT molecular complexity index is 647. The molecular weight excluding hydrogens is 247 g/mol. The molecule has 1 aromatic heterocycles. The van der Waals surface area contributed by atoms with Crippen LogP contribution in [0, 0.1) is 12.7 Å². The van der Waals surface area contributed by atoms with E-state index in [1.54, 1.807) is 0 Å². The quantitative estimate of drug-likeness (QED) is 0.925. The first kappa shape index (κ1) is 13.4. The minimum absolute atomic E-state index is 0.196. The van der Waals surface area contributed by atoms with Gasteiger partial charge in [-0.3, -0.25) is 4.79 Å². The molecule has 0 atom stereocenters. The Kier molecular flexibility index (Phi) is 3.46. The minimum atomic E-state index is -0.416. The van der Waals surface area contributed by atoms with E-state index in [4.69, 9.17) is 4.74 Å². The topological polar surface area (TPSA) is 43.3 Å². The zero-order valence-electron chi connectivity index (χ0n) is 11.5. The number of methoxy groups -OCH3 is 1. The number of nitrogens with one attached hydrogen (secondary N) is 1. The SMILES string of the molecule is CCNC(=O)c1c(C)n(C)c2c(OC)cc(F)cc12. The van der Waals surface area contributed by atoms with Gasteiger partial charge in [0.05, 0.1) is 18.2 Å². The molecule has 0 saturated heterocycles. The van der Waals surface area contributed by atoms with Crippen LogP contribution in [-0.2, 0) is 7.05 Å². The van der Waals surface area contributed by atoms with Gasteiger partial charge < -0.3 is 14.6 Å². The van der Waals surface area contributed by atoms with Crippen LogP contribution in [0.3, 0.4) is 0 Å². The summed E-state index contributed by atoms with van der Waals surface area (Å²) in [4.78, 5) is 12.1. The van der Waals surface area contributed by atoms with E-state index in [0.717, 1.165) is 11.2 Å². The molecule has 1 N–H and O–H groups in total. The molecule has 1 heterocycles. The first-order valence-corrected chi connectivity index (χ1v) is 6.12. The summed E-state index contributed by atoms with van der Waals surface area (Å²) in [5, 5.41) is 3.32. The van der Waals surface area contributed by atoms with Gasteiger partial charge in [-0.15, -0.1) is 0 Å². The second-order valence-corrected chi connectivity index (χ2v) is 4.38. The molecule has 0 bridgehead atoms. The van der Waals surface area contributed by atoms with Crippen molar-refractivity contribution in [3.8, 4) is 5.75 Å². The van der Waals surface area contributed by atoms with Gasteiger partial charge in [0.15, 0.2) is 0 Å². The fourth-order valence-electron chi connectivity index (χ4n) is 2.33. The van der Waals surface area contributed by atoms with Gasteiger partial charge in [-0.1, -0.05) is 0 Å². The molecule has 0 unspecified atom stereocenters. The molecular formula is C14H17FN2O2. The molecule has 0 radical (unpaired) electrons. The van der Waals surface area contributed by atoms with Gasteiger partial charge in [0, 0.05) is 30.7 Å². The van der Waals surface area contributed by atoms with Crippen molar-refractivity contribution in [2.24, 2.45) is 7.05 Å². The number of nitrogens with zero attached hydrogens (tertiary/aromatic N) is 1. The normalized spacial score (nSPS) is 10.8. The molecule has 0 saturated carbocycles. The number of rotatable bonds is 3. The van der Waals surface area contributed by atoms with Crippen molar-refractivity contribution in [3.05, 3.63) is 29.2 Å². The lowest BCUT2D eigenvalue weighted by Crippen LogP contribution is -2.23. The van der Waals surface area contributed by atoms with E-state index < -0.39 is 5.82 Å². The summed E-state index contributed by atoms with van der Waals surface area (Å²) in [6.45, 7) is 4.21. The molecule has 0 aliphatic rings. The van der Waals surface area contributed by atoms with Crippen molar-refractivity contribution < 1.29 is 13.9 Å². The van der Waals surface area contributed by atoms with Gasteiger partial charge in [-0.05, 0) is 19.9 Å². The molecule has 1 aromatic carbocycles. The molecule has 0 fully saturated rings. The average Bonchev–Trinajstić information content (AvgIpc) is 2.61. The van der Waals surface area contributed by atoms with E-state index in [2.05, 4.69) is 5.32 Å².